The van der Waals surface area contributed by atoms with Gasteiger partial charge in [-0.2, -0.15) is 0 Å². The van der Waals surface area contributed by atoms with Crippen molar-refractivity contribution in [2.45, 2.75) is 0 Å². The average molecular weight is 327 g/mol. The monoisotopic (exact) mass is 325 g/mol. The Morgan fingerprint density at radius 1 is 1.22 bits per heavy atom. The number of benzene rings is 2. The van der Waals surface area contributed by atoms with E-state index >= 15 is 0 Å². The number of carbonyl (C=O) groups is 1. The van der Waals surface area contributed by atoms with Gasteiger partial charge in [0.1, 0.15) is 5.75 Å². The molecule has 5 heteroatoms. The molecule has 0 aromatic heterocycles. The number of phenols is 1. The number of amides is 1. The number of phenolic OH excluding ortho intramolecular Hbond substituents is 1. The Hall–Kier alpha value is -1.52. The van der Waals surface area contributed by atoms with Crippen molar-refractivity contribution in [3.8, 4) is 5.75 Å². The SMILES string of the molecule is O=C(Nc1cccc(Br)c1)c1ccc(O)c(Cl)c1. The van der Waals surface area contributed by atoms with E-state index in [4.69, 9.17) is 11.6 Å². The van der Waals surface area contributed by atoms with Gasteiger partial charge in [-0.1, -0.05) is 33.6 Å². The number of carbonyl (C=O) groups excluding carboxylic acids is 1. The van der Waals surface area contributed by atoms with Gasteiger partial charge in [-0.05, 0) is 36.4 Å². The summed E-state index contributed by atoms with van der Waals surface area (Å²) in [7, 11) is 0. The molecule has 0 saturated carbocycles. The van der Waals surface area contributed by atoms with Crippen LogP contribution in [0.4, 0.5) is 5.69 Å². The van der Waals surface area contributed by atoms with Crippen molar-refractivity contribution >= 4 is 39.1 Å². The Morgan fingerprint density at radius 3 is 2.67 bits per heavy atom. The first-order chi connectivity index (χ1) is 8.56. The van der Waals surface area contributed by atoms with Gasteiger partial charge < -0.3 is 10.4 Å². The van der Waals surface area contributed by atoms with Crippen LogP contribution in [0.3, 0.4) is 0 Å². The van der Waals surface area contributed by atoms with E-state index in [9.17, 15) is 9.90 Å². The molecule has 18 heavy (non-hydrogen) atoms. The summed E-state index contributed by atoms with van der Waals surface area (Å²) in [5, 5.41) is 12.2. The smallest absolute Gasteiger partial charge is 0.255 e. The van der Waals surface area contributed by atoms with E-state index in [0.717, 1.165) is 4.47 Å². The van der Waals surface area contributed by atoms with Crippen molar-refractivity contribution in [2.75, 3.05) is 5.32 Å². The second-order valence-electron chi connectivity index (χ2n) is 3.63. The highest BCUT2D eigenvalue weighted by atomic mass is 79.9. The summed E-state index contributed by atoms with van der Waals surface area (Å²) >= 11 is 9.07. The highest BCUT2D eigenvalue weighted by Crippen LogP contribution is 2.24. The van der Waals surface area contributed by atoms with Crippen LogP contribution in [0, 0.1) is 0 Å². The molecule has 2 rings (SSSR count). The lowest BCUT2D eigenvalue weighted by atomic mass is 10.2. The third-order valence-corrected chi connectivity index (χ3v) is 3.09. The minimum absolute atomic E-state index is 0.0457. The zero-order chi connectivity index (χ0) is 13.1. The largest absolute Gasteiger partial charge is 0.506 e. The Balaban J connectivity index is 2.19. The summed E-state index contributed by atoms with van der Waals surface area (Å²) in [5.41, 5.74) is 1.07. The Kier molecular flexibility index (Phi) is 3.89. The first-order valence-corrected chi connectivity index (χ1v) is 6.29. The summed E-state index contributed by atoms with van der Waals surface area (Å²) in [6, 6.07) is 11.6. The second kappa shape index (κ2) is 5.42. The van der Waals surface area contributed by atoms with Crippen LogP contribution in [0.5, 0.6) is 5.75 Å². The van der Waals surface area contributed by atoms with Crippen molar-refractivity contribution in [3.63, 3.8) is 0 Å². The minimum Gasteiger partial charge on any atom is -0.506 e. The maximum atomic E-state index is 11.9. The number of halogens is 2. The fraction of sp³-hybridized carbons (Fsp3) is 0. The lowest BCUT2D eigenvalue weighted by Gasteiger charge is -2.06. The van der Waals surface area contributed by atoms with Crippen LogP contribution in [-0.4, -0.2) is 11.0 Å². The molecule has 0 unspecified atom stereocenters. The third-order valence-electron chi connectivity index (χ3n) is 2.29. The molecule has 2 aromatic rings. The van der Waals surface area contributed by atoms with Crippen LogP contribution in [0.1, 0.15) is 10.4 Å². The van der Waals surface area contributed by atoms with Gasteiger partial charge in [-0.15, -0.1) is 0 Å². The molecule has 0 aliphatic rings. The number of rotatable bonds is 2. The standard InChI is InChI=1S/C13H9BrClNO2/c14-9-2-1-3-10(7-9)16-13(18)8-4-5-12(17)11(15)6-8/h1-7,17H,(H,16,18). The van der Waals surface area contributed by atoms with Crippen molar-refractivity contribution in [3.05, 3.63) is 57.5 Å². The molecule has 0 saturated heterocycles. The maximum absolute atomic E-state index is 11.9. The average Bonchev–Trinajstić information content (AvgIpc) is 2.32. The van der Waals surface area contributed by atoms with Gasteiger partial charge in [0.15, 0.2) is 0 Å². The van der Waals surface area contributed by atoms with E-state index in [1.165, 1.54) is 18.2 Å². The summed E-state index contributed by atoms with van der Waals surface area (Å²) in [4.78, 5) is 11.9. The van der Waals surface area contributed by atoms with Gasteiger partial charge in [0.25, 0.3) is 5.91 Å². The van der Waals surface area contributed by atoms with Crippen molar-refractivity contribution in [1.29, 1.82) is 0 Å². The van der Waals surface area contributed by atoms with Gasteiger partial charge in [0.2, 0.25) is 0 Å². The molecular formula is C13H9BrClNO2. The number of nitrogens with one attached hydrogen (secondary N) is 1. The summed E-state index contributed by atoms with van der Waals surface area (Å²) in [6.45, 7) is 0. The molecule has 0 radical (unpaired) electrons. The highest BCUT2D eigenvalue weighted by molar-refractivity contribution is 9.10. The second-order valence-corrected chi connectivity index (χ2v) is 4.95. The number of hydrogen-bond donors (Lipinski definition) is 2. The van der Waals surface area contributed by atoms with E-state index in [2.05, 4.69) is 21.2 Å². The Bertz CT molecular complexity index is 601. The zero-order valence-corrected chi connectivity index (χ0v) is 11.5. The fourth-order valence-electron chi connectivity index (χ4n) is 1.42. The van der Waals surface area contributed by atoms with Crippen LogP contribution in [0.2, 0.25) is 5.02 Å². The molecule has 0 heterocycles. The molecule has 0 aliphatic heterocycles. The quantitative estimate of drug-likeness (QED) is 0.874. The van der Waals surface area contributed by atoms with E-state index in [1.807, 2.05) is 12.1 Å². The molecule has 2 aromatic carbocycles. The predicted molar refractivity (Wildman–Crippen MR) is 75.2 cm³/mol. The van der Waals surface area contributed by atoms with Gasteiger partial charge in [0, 0.05) is 15.7 Å². The topological polar surface area (TPSA) is 49.3 Å². The van der Waals surface area contributed by atoms with E-state index in [1.54, 1.807) is 12.1 Å². The van der Waals surface area contributed by atoms with E-state index < -0.39 is 0 Å². The molecule has 92 valence electrons. The molecule has 3 nitrogen and oxygen atoms in total. The van der Waals surface area contributed by atoms with Gasteiger partial charge in [-0.3, -0.25) is 4.79 Å². The lowest BCUT2D eigenvalue weighted by Crippen LogP contribution is -2.11. The zero-order valence-electron chi connectivity index (χ0n) is 9.15. The summed E-state index contributed by atoms with van der Waals surface area (Å²) < 4.78 is 0.879. The fourth-order valence-corrected chi connectivity index (χ4v) is 2.00. The summed E-state index contributed by atoms with van der Waals surface area (Å²) in [5.74, 6) is -0.328. The first-order valence-electron chi connectivity index (χ1n) is 5.12. The van der Waals surface area contributed by atoms with Gasteiger partial charge in [0.05, 0.1) is 5.02 Å². The molecule has 0 aliphatic carbocycles. The lowest BCUT2D eigenvalue weighted by molar-refractivity contribution is 0.102. The van der Waals surface area contributed by atoms with Crippen molar-refractivity contribution in [2.24, 2.45) is 0 Å². The highest BCUT2D eigenvalue weighted by Gasteiger charge is 2.08. The van der Waals surface area contributed by atoms with Crippen LogP contribution in [-0.2, 0) is 0 Å². The molecule has 0 bridgehead atoms. The number of anilines is 1. The van der Waals surface area contributed by atoms with Crippen LogP contribution < -0.4 is 5.32 Å². The number of aromatic hydroxyl groups is 1. The maximum Gasteiger partial charge on any atom is 0.255 e. The minimum atomic E-state index is -0.282. The van der Waals surface area contributed by atoms with Gasteiger partial charge in [-0.25, -0.2) is 0 Å². The van der Waals surface area contributed by atoms with Crippen LogP contribution in [0.25, 0.3) is 0 Å². The first kappa shape index (κ1) is 12.9. The normalized spacial score (nSPS) is 10.1. The van der Waals surface area contributed by atoms with Crippen LogP contribution in [0.15, 0.2) is 46.9 Å². The molecule has 0 fully saturated rings. The Morgan fingerprint density at radius 2 is 2.00 bits per heavy atom. The van der Waals surface area contributed by atoms with Crippen molar-refractivity contribution in [1.82, 2.24) is 0 Å². The van der Waals surface area contributed by atoms with E-state index in [-0.39, 0.29) is 16.7 Å². The molecule has 1 amide bonds. The predicted octanol–water partition coefficient (Wildman–Crippen LogP) is 4.06. The summed E-state index contributed by atoms with van der Waals surface area (Å²) in [6.07, 6.45) is 0. The van der Waals surface area contributed by atoms with Crippen molar-refractivity contribution < 1.29 is 9.90 Å². The van der Waals surface area contributed by atoms with Crippen LogP contribution >= 0.6 is 27.5 Å². The molecular weight excluding hydrogens is 318 g/mol. The molecule has 0 spiro atoms. The van der Waals surface area contributed by atoms with Gasteiger partial charge >= 0.3 is 0 Å². The number of hydrogen-bond acceptors (Lipinski definition) is 2. The molecule has 0 atom stereocenters. The third kappa shape index (κ3) is 3.03. The molecule has 2 N–H and O–H groups in total. The van der Waals surface area contributed by atoms with E-state index in [0.29, 0.717) is 11.3 Å². The Labute approximate surface area is 118 Å².